The van der Waals surface area contributed by atoms with Crippen molar-refractivity contribution in [1.82, 2.24) is 14.6 Å². The smallest absolute Gasteiger partial charge is 0.472 e. The van der Waals surface area contributed by atoms with Crippen LogP contribution < -0.4 is 10.5 Å². The Morgan fingerprint density at radius 2 is 1.58 bits per heavy atom. The van der Waals surface area contributed by atoms with Crippen LogP contribution in [-0.4, -0.2) is 80.5 Å². The Bertz CT molecular complexity index is 1650. The van der Waals surface area contributed by atoms with E-state index in [2.05, 4.69) is 23.1 Å². The van der Waals surface area contributed by atoms with Crippen molar-refractivity contribution in [2.24, 2.45) is 0 Å². The number of aliphatic hydroxyl groups is 2. The molecule has 2 aromatic heterocycles. The number of benzene rings is 1. The van der Waals surface area contributed by atoms with Crippen LogP contribution in [0.3, 0.4) is 0 Å². The SMILES string of the molecule is CCCCCCCCCCCCCCCCCCOC[C@H](COP(=O)(O)OC[C@H]1O[C@@](C)(c2ccc3c(N)ncnn23)[C@H](O)[C@@H]1O)Oc1cccc(C#N)c1. The normalized spacial score (nSPS) is 21.4. The maximum absolute atomic E-state index is 13.0. The van der Waals surface area contributed by atoms with Gasteiger partial charge in [-0.15, -0.1) is 0 Å². The zero-order valence-electron chi connectivity index (χ0n) is 32.6. The maximum atomic E-state index is 13.0. The molecule has 4 rings (SSSR count). The summed E-state index contributed by atoms with van der Waals surface area (Å²) in [5.74, 6) is 0.606. The number of phosphoric acid groups is 1. The minimum atomic E-state index is -4.69. The van der Waals surface area contributed by atoms with Gasteiger partial charge in [0.15, 0.2) is 5.82 Å². The van der Waals surface area contributed by atoms with Gasteiger partial charge in [0.05, 0.1) is 37.1 Å². The molecular formula is C40H62N5O9P. The highest BCUT2D eigenvalue weighted by Gasteiger charge is 2.54. The fourth-order valence-electron chi connectivity index (χ4n) is 6.95. The van der Waals surface area contributed by atoms with Crippen molar-refractivity contribution in [3.63, 3.8) is 0 Å². The first-order valence-corrected chi connectivity index (χ1v) is 21.6. The van der Waals surface area contributed by atoms with Crippen molar-refractivity contribution < 1.29 is 42.9 Å². The molecule has 55 heavy (non-hydrogen) atoms. The second-order valence-electron chi connectivity index (χ2n) is 14.7. The first-order valence-electron chi connectivity index (χ1n) is 20.1. The van der Waals surface area contributed by atoms with Crippen molar-refractivity contribution in [3.05, 3.63) is 54.0 Å². The van der Waals surface area contributed by atoms with Crippen LogP contribution in [0.25, 0.3) is 5.52 Å². The van der Waals surface area contributed by atoms with E-state index < -0.39 is 44.4 Å². The van der Waals surface area contributed by atoms with Gasteiger partial charge in [0, 0.05) is 6.61 Å². The van der Waals surface area contributed by atoms with E-state index in [0.717, 1.165) is 19.3 Å². The number of hydrogen-bond acceptors (Lipinski definition) is 12. The molecule has 1 aromatic carbocycles. The second kappa shape index (κ2) is 23.2. The van der Waals surface area contributed by atoms with Crippen LogP contribution in [0.15, 0.2) is 42.7 Å². The van der Waals surface area contributed by atoms with Crippen molar-refractivity contribution in [2.75, 3.05) is 32.2 Å². The summed E-state index contributed by atoms with van der Waals surface area (Å²) in [4.78, 5) is 14.5. The lowest BCUT2D eigenvalue weighted by molar-refractivity contribution is -0.0892. The lowest BCUT2D eigenvalue weighted by Crippen LogP contribution is -2.39. The summed E-state index contributed by atoms with van der Waals surface area (Å²) < 4.78 is 42.9. The van der Waals surface area contributed by atoms with E-state index in [1.165, 1.54) is 94.3 Å². The van der Waals surface area contributed by atoms with Crippen molar-refractivity contribution >= 4 is 19.2 Å². The highest BCUT2D eigenvalue weighted by atomic mass is 31.2. The van der Waals surface area contributed by atoms with Crippen LogP contribution in [0.1, 0.15) is 128 Å². The number of aliphatic hydroxyl groups excluding tert-OH is 2. The lowest BCUT2D eigenvalue weighted by atomic mass is 9.93. The Labute approximate surface area is 325 Å². The number of nitrogen functional groups attached to an aromatic ring is 1. The molecule has 5 N–H and O–H groups in total. The van der Waals surface area contributed by atoms with E-state index in [1.807, 2.05) is 0 Å². The minimum absolute atomic E-state index is 0.0733. The fraction of sp³-hybridized carbons (Fsp3) is 0.675. The topological polar surface area (TPSA) is 204 Å². The molecule has 1 fully saturated rings. The molecule has 3 aromatic rings. The largest absolute Gasteiger partial charge is 0.486 e. The van der Waals surface area contributed by atoms with E-state index >= 15 is 0 Å². The molecule has 0 radical (unpaired) electrons. The number of aromatic nitrogens is 3. The van der Waals surface area contributed by atoms with Gasteiger partial charge in [-0.3, -0.25) is 9.05 Å². The molecule has 14 nitrogen and oxygen atoms in total. The number of nitriles is 1. The molecule has 15 heteroatoms. The van der Waals surface area contributed by atoms with Crippen LogP contribution in [0.4, 0.5) is 5.82 Å². The molecule has 0 amide bonds. The Morgan fingerprint density at radius 3 is 2.22 bits per heavy atom. The van der Waals surface area contributed by atoms with Crippen molar-refractivity contribution in [2.45, 2.75) is 147 Å². The molecule has 1 saturated heterocycles. The minimum Gasteiger partial charge on any atom is -0.486 e. The van der Waals surface area contributed by atoms with Crippen LogP contribution in [0.2, 0.25) is 0 Å². The third kappa shape index (κ3) is 14.1. The number of nitrogens with zero attached hydrogens (tertiary/aromatic N) is 4. The predicted molar refractivity (Wildman–Crippen MR) is 209 cm³/mol. The third-order valence-corrected chi connectivity index (χ3v) is 11.1. The van der Waals surface area contributed by atoms with E-state index in [0.29, 0.717) is 29.1 Å². The molecular weight excluding hydrogens is 725 g/mol. The highest BCUT2D eigenvalue weighted by molar-refractivity contribution is 7.47. The van der Waals surface area contributed by atoms with E-state index in [4.69, 9.17) is 29.0 Å². The Morgan fingerprint density at radius 1 is 0.945 bits per heavy atom. The quantitative estimate of drug-likeness (QED) is 0.0420. The number of unbranched alkanes of at least 4 members (excludes halogenated alkanes) is 15. The van der Waals surface area contributed by atoms with Gasteiger partial charge in [-0.05, 0) is 43.7 Å². The summed E-state index contributed by atoms with van der Waals surface area (Å²) in [5.41, 5.74) is 5.77. The number of rotatable bonds is 28. The van der Waals surface area contributed by atoms with Gasteiger partial charge in [0.1, 0.15) is 47.6 Å². The van der Waals surface area contributed by atoms with E-state index in [1.54, 1.807) is 43.3 Å². The molecule has 1 unspecified atom stereocenters. The molecule has 0 aliphatic carbocycles. The molecule has 3 heterocycles. The Kier molecular flexibility index (Phi) is 18.8. The number of phosphoric ester groups is 1. The Hall–Kier alpha value is -3.12. The van der Waals surface area contributed by atoms with E-state index in [-0.39, 0.29) is 19.0 Å². The maximum Gasteiger partial charge on any atom is 0.472 e. The highest BCUT2D eigenvalue weighted by Crippen LogP contribution is 2.46. The van der Waals surface area contributed by atoms with Gasteiger partial charge in [0.2, 0.25) is 0 Å². The summed E-state index contributed by atoms with van der Waals surface area (Å²) in [6.45, 7) is 3.47. The second-order valence-corrected chi connectivity index (χ2v) is 16.1. The summed E-state index contributed by atoms with van der Waals surface area (Å²) in [5, 5.41) is 35.3. The number of fused-ring (bicyclic) bond motifs is 1. The van der Waals surface area contributed by atoms with Crippen LogP contribution in [-0.2, 0) is 28.7 Å². The molecule has 6 atom stereocenters. The average molecular weight is 788 g/mol. The van der Waals surface area contributed by atoms with Crippen LogP contribution in [0, 0.1) is 11.3 Å². The fourth-order valence-corrected chi connectivity index (χ4v) is 7.72. The molecule has 0 spiro atoms. The van der Waals surface area contributed by atoms with Crippen molar-refractivity contribution in [1.29, 1.82) is 5.26 Å². The molecule has 306 valence electrons. The molecule has 1 aliphatic heterocycles. The number of nitrogens with two attached hydrogens (primary N) is 1. The van der Waals surface area contributed by atoms with Crippen molar-refractivity contribution in [3.8, 4) is 11.8 Å². The summed E-state index contributed by atoms with van der Waals surface area (Å²) in [6.07, 6.45) is 16.9. The number of hydrogen-bond donors (Lipinski definition) is 4. The van der Waals surface area contributed by atoms with Gasteiger partial charge < -0.3 is 35.1 Å². The summed E-state index contributed by atoms with van der Waals surface area (Å²) in [6, 6.07) is 11.9. The van der Waals surface area contributed by atoms with Gasteiger partial charge in [0.25, 0.3) is 0 Å². The van der Waals surface area contributed by atoms with Crippen LogP contribution in [0.5, 0.6) is 5.75 Å². The summed E-state index contributed by atoms with van der Waals surface area (Å²) >= 11 is 0. The first kappa shape index (κ1) is 44.6. The van der Waals surface area contributed by atoms with Gasteiger partial charge >= 0.3 is 7.82 Å². The molecule has 1 aliphatic rings. The van der Waals surface area contributed by atoms with E-state index in [9.17, 15) is 24.9 Å². The van der Waals surface area contributed by atoms with Gasteiger partial charge in [-0.1, -0.05) is 109 Å². The zero-order valence-corrected chi connectivity index (χ0v) is 33.5. The van der Waals surface area contributed by atoms with Gasteiger partial charge in [-0.25, -0.2) is 14.1 Å². The van der Waals surface area contributed by atoms with Gasteiger partial charge in [-0.2, -0.15) is 10.4 Å². The summed E-state index contributed by atoms with van der Waals surface area (Å²) in [7, 11) is -4.69. The number of anilines is 1. The molecule has 0 bridgehead atoms. The Balaban J connectivity index is 1.16. The predicted octanol–water partition coefficient (Wildman–Crippen LogP) is 7.38. The number of ether oxygens (including phenoxy) is 3. The molecule has 0 saturated carbocycles. The monoisotopic (exact) mass is 787 g/mol. The zero-order chi connectivity index (χ0) is 39.5. The standard InChI is InChI=1S/C40H62N5O9P/c1-3-4-5-6-7-8-9-10-11-12-13-14-15-16-17-18-24-50-27-33(53-32-21-19-20-31(25-32)26-41)28-51-55(48,49)52-29-35-37(46)38(47)40(2,54-35)36-23-22-34-39(42)43-30-44-45(34)36/h19-23,25,30,33,35,37-38,46-47H,3-18,24,27-29H2,1-2H3,(H,48,49)(H2,42,43,44)/t33-,35-,37-,38-,40+/m1/s1. The first-order chi connectivity index (χ1) is 26.6. The third-order valence-electron chi connectivity index (χ3n) is 10.2. The average Bonchev–Trinajstić information content (AvgIpc) is 3.72. The van der Waals surface area contributed by atoms with Crippen LogP contribution >= 0.6 is 7.82 Å². The lowest BCUT2D eigenvalue weighted by Gasteiger charge is -2.27.